The Morgan fingerprint density at radius 2 is 1.96 bits per heavy atom. The van der Waals surface area contributed by atoms with Crippen LogP contribution in [0.15, 0.2) is 30.3 Å². The SMILES string of the molecule is CCN(CC)c1ccc(NC(=O)c2cc(NCC3CCCO3)nc(C)n2)cc1. The molecule has 1 saturated heterocycles. The Labute approximate surface area is 166 Å². The molecule has 1 aliphatic heterocycles. The van der Waals surface area contributed by atoms with Gasteiger partial charge in [-0.2, -0.15) is 0 Å². The minimum absolute atomic E-state index is 0.205. The highest BCUT2D eigenvalue weighted by Gasteiger charge is 2.16. The topological polar surface area (TPSA) is 79.4 Å². The van der Waals surface area contributed by atoms with Gasteiger partial charge in [-0.25, -0.2) is 9.97 Å². The number of aromatic nitrogens is 2. The zero-order valence-corrected chi connectivity index (χ0v) is 16.9. The molecular formula is C21H29N5O2. The summed E-state index contributed by atoms with van der Waals surface area (Å²) in [5, 5.41) is 6.17. The number of amides is 1. The lowest BCUT2D eigenvalue weighted by Crippen LogP contribution is -2.22. The van der Waals surface area contributed by atoms with Gasteiger partial charge < -0.3 is 20.3 Å². The van der Waals surface area contributed by atoms with E-state index in [-0.39, 0.29) is 12.0 Å². The third-order valence-electron chi connectivity index (χ3n) is 4.86. The maximum absolute atomic E-state index is 12.6. The van der Waals surface area contributed by atoms with E-state index in [1.165, 1.54) is 0 Å². The predicted octanol–water partition coefficient (Wildman–Crippen LogP) is 3.47. The minimum Gasteiger partial charge on any atom is -0.376 e. The first-order chi connectivity index (χ1) is 13.6. The van der Waals surface area contributed by atoms with Gasteiger partial charge in [0.25, 0.3) is 5.91 Å². The Bertz CT molecular complexity index is 784. The maximum Gasteiger partial charge on any atom is 0.274 e. The van der Waals surface area contributed by atoms with Gasteiger partial charge in [0.05, 0.1) is 6.10 Å². The molecule has 1 aromatic heterocycles. The van der Waals surface area contributed by atoms with Crippen LogP contribution in [-0.2, 0) is 4.74 Å². The number of benzene rings is 1. The van der Waals surface area contributed by atoms with Crippen molar-refractivity contribution in [2.45, 2.75) is 39.7 Å². The van der Waals surface area contributed by atoms with E-state index in [9.17, 15) is 4.79 Å². The summed E-state index contributed by atoms with van der Waals surface area (Å²) >= 11 is 0. The molecule has 0 spiro atoms. The zero-order valence-electron chi connectivity index (χ0n) is 16.9. The Balaban J connectivity index is 1.64. The quantitative estimate of drug-likeness (QED) is 0.727. The van der Waals surface area contributed by atoms with Gasteiger partial charge in [-0.15, -0.1) is 0 Å². The number of carbonyl (C=O) groups is 1. The van der Waals surface area contributed by atoms with Crippen LogP contribution in [0.5, 0.6) is 0 Å². The molecule has 7 nitrogen and oxygen atoms in total. The van der Waals surface area contributed by atoms with Gasteiger partial charge in [0.2, 0.25) is 0 Å². The third kappa shape index (κ3) is 5.19. The maximum atomic E-state index is 12.6. The number of rotatable bonds is 8. The number of hydrogen-bond donors (Lipinski definition) is 2. The highest BCUT2D eigenvalue weighted by molar-refractivity contribution is 6.03. The lowest BCUT2D eigenvalue weighted by Gasteiger charge is -2.21. The normalized spacial score (nSPS) is 16.0. The summed E-state index contributed by atoms with van der Waals surface area (Å²) < 4.78 is 5.62. The van der Waals surface area contributed by atoms with E-state index in [1.807, 2.05) is 24.3 Å². The van der Waals surface area contributed by atoms with Crippen LogP contribution in [0.3, 0.4) is 0 Å². The van der Waals surface area contributed by atoms with E-state index in [2.05, 4.69) is 39.3 Å². The minimum atomic E-state index is -0.249. The summed E-state index contributed by atoms with van der Waals surface area (Å²) in [5.74, 6) is 0.950. The van der Waals surface area contributed by atoms with Crippen molar-refractivity contribution >= 4 is 23.1 Å². The lowest BCUT2D eigenvalue weighted by atomic mass is 10.2. The second-order valence-electron chi connectivity index (χ2n) is 6.87. The number of nitrogens with zero attached hydrogens (tertiary/aromatic N) is 3. The first-order valence-electron chi connectivity index (χ1n) is 9.96. The molecule has 1 fully saturated rings. The van der Waals surface area contributed by atoms with Gasteiger partial charge in [0.15, 0.2) is 0 Å². The second kappa shape index (κ2) is 9.50. The molecule has 28 heavy (non-hydrogen) atoms. The summed E-state index contributed by atoms with van der Waals surface area (Å²) in [5.41, 5.74) is 2.22. The molecule has 0 saturated carbocycles. The molecule has 1 amide bonds. The van der Waals surface area contributed by atoms with Gasteiger partial charge in [-0.3, -0.25) is 4.79 Å². The molecule has 1 atom stereocenters. The predicted molar refractivity (Wildman–Crippen MR) is 112 cm³/mol. The first-order valence-corrected chi connectivity index (χ1v) is 9.96. The molecule has 1 aliphatic rings. The number of carbonyl (C=O) groups excluding carboxylic acids is 1. The van der Waals surface area contributed by atoms with Gasteiger partial charge in [-0.05, 0) is 57.9 Å². The van der Waals surface area contributed by atoms with Crippen molar-refractivity contribution in [2.75, 3.05) is 41.8 Å². The zero-order chi connectivity index (χ0) is 19.9. The van der Waals surface area contributed by atoms with E-state index in [0.29, 0.717) is 23.9 Å². The third-order valence-corrected chi connectivity index (χ3v) is 4.86. The highest BCUT2D eigenvalue weighted by Crippen LogP contribution is 2.19. The van der Waals surface area contributed by atoms with Crippen molar-refractivity contribution in [1.82, 2.24) is 9.97 Å². The fraction of sp³-hybridized carbons (Fsp3) is 0.476. The van der Waals surface area contributed by atoms with Crippen molar-refractivity contribution in [1.29, 1.82) is 0 Å². The largest absolute Gasteiger partial charge is 0.376 e. The molecule has 2 aromatic rings. The molecular weight excluding hydrogens is 354 g/mol. The molecule has 2 heterocycles. The molecule has 150 valence electrons. The van der Waals surface area contributed by atoms with Crippen molar-refractivity contribution in [2.24, 2.45) is 0 Å². The summed E-state index contributed by atoms with van der Waals surface area (Å²) in [6.45, 7) is 9.43. The van der Waals surface area contributed by atoms with Crippen LogP contribution in [0.4, 0.5) is 17.2 Å². The van der Waals surface area contributed by atoms with Crippen LogP contribution in [0.2, 0.25) is 0 Å². The van der Waals surface area contributed by atoms with E-state index in [4.69, 9.17) is 4.74 Å². The molecule has 2 N–H and O–H groups in total. The van der Waals surface area contributed by atoms with E-state index >= 15 is 0 Å². The monoisotopic (exact) mass is 383 g/mol. The Kier molecular flexibility index (Phi) is 6.81. The molecule has 3 rings (SSSR count). The number of hydrogen-bond acceptors (Lipinski definition) is 6. The number of aryl methyl sites for hydroxylation is 1. The Morgan fingerprint density at radius 3 is 2.61 bits per heavy atom. The number of ether oxygens (including phenoxy) is 1. The van der Waals surface area contributed by atoms with Crippen LogP contribution in [0.1, 0.15) is 43.0 Å². The van der Waals surface area contributed by atoms with Crippen molar-refractivity contribution < 1.29 is 9.53 Å². The van der Waals surface area contributed by atoms with Crippen LogP contribution in [-0.4, -0.2) is 48.2 Å². The van der Waals surface area contributed by atoms with Crippen molar-refractivity contribution in [3.05, 3.63) is 41.9 Å². The second-order valence-corrected chi connectivity index (χ2v) is 6.87. The Morgan fingerprint density at radius 1 is 1.21 bits per heavy atom. The lowest BCUT2D eigenvalue weighted by molar-refractivity contribution is 0.102. The number of anilines is 3. The summed E-state index contributed by atoms with van der Waals surface area (Å²) in [6, 6.07) is 9.54. The average molecular weight is 383 g/mol. The summed E-state index contributed by atoms with van der Waals surface area (Å²) in [4.78, 5) is 23.6. The van der Waals surface area contributed by atoms with E-state index in [1.54, 1.807) is 13.0 Å². The van der Waals surface area contributed by atoms with Crippen LogP contribution in [0.25, 0.3) is 0 Å². The fourth-order valence-electron chi connectivity index (χ4n) is 3.34. The van der Waals surface area contributed by atoms with Crippen LogP contribution < -0.4 is 15.5 Å². The Hall–Kier alpha value is -2.67. The smallest absolute Gasteiger partial charge is 0.274 e. The van der Waals surface area contributed by atoms with E-state index in [0.717, 1.165) is 43.9 Å². The molecule has 1 aromatic carbocycles. The van der Waals surface area contributed by atoms with Gasteiger partial charge in [-0.1, -0.05) is 0 Å². The summed E-state index contributed by atoms with van der Waals surface area (Å²) in [6.07, 6.45) is 2.35. The summed E-state index contributed by atoms with van der Waals surface area (Å²) in [7, 11) is 0. The van der Waals surface area contributed by atoms with Gasteiger partial charge >= 0.3 is 0 Å². The fourth-order valence-corrected chi connectivity index (χ4v) is 3.34. The van der Waals surface area contributed by atoms with Crippen molar-refractivity contribution in [3.63, 3.8) is 0 Å². The van der Waals surface area contributed by atoms with Gasteiger partial charge in [0, 0.05) is 43.7 Å². The molecule has 7 heteroatoms. The first kappa shape index (κ1) is 20.1. The van der Waals surface area contributed by atoms with Crippen LogP contribution in [0, 0.1) is 6.92 Å². The van der Waals surface area contributed by atoms with Gasteiger partial charge in [0.1, 0.15) is 17.3 Å². The van der Waals surface area contributed by atoms with Crippen molar-refractivity contribution in [3.8, 4) is 0 Å². The standard InChI is InChI=1S/C21H29N5O2/c1-4-26(5-2)17-10-8-16(9-11-17)25-21(27)19-13-20(24-15(3)23-19)22-14-18-7-6-12-28-18/h8-11,13,18H,4-7,12,14H2,1-3H3,(H,25,27)(H,22,23,24). The average Bonchev–Trinajstić information content (AvgIpc) is 3.22. The number of nitrogens with one attached hydrogen (secondary N) is 2. The highest BCUT2D eigenvalue weighted by atomic mass is 16.5. The molecule has 1 unspecified atom stereocenters. The molecule has 0 bridgehead atoms. The van der Waals surface area contributed by atoms with E-state index < -0.39 is 0 Å². The molecule has 0 radical (unpaired) electrons. The molecule has 0 aliphatic carbocycles. The van der Waals surface area contributed by atoms with Crippen LogP contribution >= 0.6 is 0 Å².